The van der Waals surface area contributed by atoms with E-state index in [9.17, 15) is 20.1 Å². The number of rotatable bonds is 7. The first kappa shape index (κ1) is 19.9. The fourth-order valence-corrected chi connectivity index (χ4v) is 2.29. The molecule has 5 atom stereocenters. The first-order chi connectivity index (χ1) is 10.6. The second-order valence-electron chi connectivity index (χ2n) is 6.94. The number of aliphatic hydroxyl groups is 4. The molecule has 0 amide bonds. The van der Waals surface area contributed by atoms with E-state index >= 15 is 0 Å². The standard InChI is InChI=1S/C15H27NO7/c1-15(2,3)4-5-16-11-8(18)6-10(14(21)22)23-13(11)12(20)9(19)7-17/h6,8-9,11-13,16-20H,4-5,7H2,1-3H3,(H,21,22)/t8-,9+,11+,12+,13+/m0/s1. The highest BCUT2D eigenvalue weighted by molar-refractivity contribution is 5.84. The molecule has 6 N–H and O–H groups in total. The van der Waals surface area contributed by atoms with Crippen molar-refractivity contribution in [3.63, 3.8) is 0 Å². The Morgan fingerprint density at radius 1 is 1.39 bits per heavy atom. The fourth-order valence-electron chi connectivity index (χ4n) is 2.29. The number of ether oxygens (including phenoxy) is 1. The minimum absolute atomic E-state index is 0.0499. The molecule has 0 spiro atoms. The van der Waals surface area contributed by atoms with Crippen molar-refractivity contribution < 1.29 is 35.1 Å². The van der Waals surface area contributed by atoms with E-state index in [0.717, 1.165) is 12.5 Å². The average Bonchev–Trinajstić information content (AvgIpc) is 2.45. The van der Waals surface area contributed by atoms with Crippen molar-refractivity contribution >= 4 is 5.97 Å². The predicted octanol–water partition coefficient (Wildman–Crippen LogP) is -1.18. The molecule has 134 valence electrons. The highest BCUT2D eigenvalue weighted by Gasteiger charge is 2.42. The number of carboxylic acid groups (broad SMARTS) is 1. The van der Waals surface area contributed by atoms with Gasteiger partial charge >= 0.3 is 5.97 Å². The lowest BCUT2D eigenvalue weighted by atomic mass is 9.90. The third-order valence-electron chi connectivity index (χ3n) is 3.69. The molecule has 0 aromatic heterocycles. The van der Waals surface area contributed by atoms with Crippen LogP contribution in [0.3, 0.4) is 0 Å². The third-order valence-corrected chi connectivity index (χ3v) is 3.69. The molecule has 8 nitrogen and oxygen atoms in total. The molecule has 0 unspecified atom stereocenters. The smallest absolute Gasteiger partial charge is 0.370 e. The van der Waals surface area contributed by atoms with Crippen LogP contribution in [0.5, 0.6) is 0 Å². The number of aliphatic hydroxyl groups excluding tert-OH is 4. The average molecular weight is 333 g/mol. The molecule has 8 heteroatoms. The molecule has 0 saturated carbocycles. The molecule has 1 aliphatic heterocycles. The Labute approximate surface area is 135 Å². The van der Waals surface area contributed by atoms with Crippen LogP contribution in [0, 0.1) is 5.41 Å². The lowest BCUT2D eigenvalue weighted by Crippen LogP contribution is -2.59. The summed E-state index contributed by atoms with van der Waals surface area (Å²) in [7, 11) is 0. The molecular weight excluding hydrogens is 306 g/mol. The van der Waals surface area contributed by atoms with Crippen molar-refractivity contribution in [1.82, 2.24) is 5.32 Å². The second-order valence-corrected chi connectivity index (χ2v) is 6.94. The number of nitrogens with one attached hydrogen (secondary N) is 1. The first-order valence-electron chi connectivity index (χ1n) is 7.57. The van der Waals surface area contributed by atoms with E-state index in [1.54, 1.807) is 0 Å². The van der Waals surface area contributed by atoms with Crippen molar-refractivity contribution in [2.75, 3.05) is 13.2 Å². The van der Waals surface area contributed by atoms with Gasteiger partial charge in [-0.15, -0.1) is 0 Å². The number of carboxylic acids is 1. The summed E-state index contributed by atoms with van der Waals surface area (Å²) in [6.07, 6.45) is -3.65. The van der Waals surface area contributed by atoms with Crippen molar-refractivity contribution in [2.24, 2.45) is 5.41 Å². The molecule has 1 rings (SSSR count). The van der Waals surface area contributed by atoms with Gasteiger partial charge in [-0.1, -0.05) is 20.8 Å². The molecule has 1 aliphatic rings. The Balaban J connectivity index is 2.89. The van der Waals surface area contributed by atoms with Crippen LogP contribution >= 0.6 is 0 Å². The van der Waals surface area contributed by atoms with Crippen LogP contribution in [0.25, 0.3) is 0 Å². The molecular formula is C15H27NO7. The summed E-state index contributed by atoms with van der Waals surface area (Å²) < 4.78 is 5.22. The number of carbonyl (C=O) groups is 1. The number of aliphatic carboxylic acids is 1. The van der Waals surface area contributed by atoms with Gasteiger partial charge in [0.05, 0.1) is 18.8 Å². The monoisotopic (exact) mass is 333 g/mol. The quantitative estimate of drug-likeness (QED) is 0.342. The van der Waals surface area contributed by atoms with Crippen molar-refractivity contribution in [3.8, 4) is 0 Å². The van der Waals surface area contributed by atoms with E-state index < -0.39 is 48.8 Å². The van der Waals surface area contributed by atoms with E-state index in [1.807, 2.05) is 20.8 Å². The zero-order valence-electron chi connectivity index (χ0n) is 13.6. The molecule has 0 bridgehead atoms. The van der Waals surface area contributed by atoms with Crippen LogP contribution in [0.15, 0.2) is 11.8 Å². The zero-order chi connectivity index (χ0) is 17.8. The summed E-state index contributed by atoms with van der Waals surface area (Å²) in [5.74, 6) is -1.88. The minimum atomic E-state index is -1.55. The molecule has 0 aromatic carbocycles. The van der Waals surface area contributed by atoms with Gasteiger partial charge in [0.1, 0.15) is 18.3 Å². The molecule has 0 aliphatic carbocycles. The van der Waals surface area contributed by atoms with Gasteiger partial charge in [-0.25, -0.2) is 4.79 Å². The summed E-state index contributed by atoms with van der Waals surface area (Å²) in [5.41, 5.74) is 0.0499. The van der Waals surface area contributed by atoms with Gasteiger partial charge in [0, 0.05) is 0 Å². The second kappa shape index (κ2) is 8.07. The molecule has 0 saturated heterocycles. The molecule has 0 fully saturated rings. The lowest BCUT2D eigenvalue weighted by molar-refractivity contribution is -0.148. The Morgan fingerprint density at radius 3 is 2.48 bits per heavy atom. The summed E-state index contributed by atoms with van der Waals surface area (Å²) in [6, 6.07) is -0.809. The number of hydrogen-bond donors (Lipinski definition) is 6. The minimum Gasteiger partial charge on any atom is -0.479 e. The molecule has 0 aromatic rings. The van der Waals surface area contributed by atoms with Crippen LogP contribution in [0.2, 0.25) is 0 Å². The zero-order valence-corrected chi connectivity index (χ0v) is 13.6. The highest BCUT2D eigenvalue weighted by atomic mass is 16.5. The van der Waals surface area contributed by atoms with Crippen LogP contribution < -0.4 is 5.32 Å². The predicted molar refractivity (Wildman–Crippen MR) is 81.6 cm³/mol. The third kappa shape index (κ3) is 5.74. The SMILES string of the molecule is CC(C)(C)CCN[C@H]1[C@H]([C@H](O)[C@H](O)CO)OC(C(=O)O)=C[C@@H]1O. The largest absolute Gasteiger partial charge is 0.479 e. The van der Waals surface area contributed by atoms with Gasteiger partial charge in [0.25, 0.3) is 0 Å². The van der Waals surface area contributed by atoms with Gasteiger partial charge in [-0.05, 0) is 24.5 Å². The van der Waals surface area contributed by atoms with Crippen LogP contribution in [-0.2, 0) is 9.53 Å². The summed E-state index contributed by atoms with van der Waals surface area (Å²) in [5, 5.41) is 50.8. The number of hydrogen-bond acceptors (Lipinski definition) is 7. The Kier molecular flexibility index (Phi) is 6.97. The molecule has 0 radical (unpaired) electrons. The van der Waals surface area contributed by atoms with Crippen molar-refractivity contribution in [1.29, 1.82) is 0 Å². The van der Waals surface area contributed by atoms with Gasteiger partial charge in [-0.3, -0.25) is 0 Å². The van der Waals surface area contributed by atoms with Crippen molar-refractivity contribution in [2.45, 2.75) is 57.6 Å². The Hall–Kier alpha value is -1.19. The molecule has 1 heterocycles. The maximum absolute atomic E-state index is 11.0. The van der Waals surface area contributed by atoms with Gasteiger partial charge in [-0.2, -0.15) is 0 Å². The first-order valence-corrected chi connectivity index (χ1v) is 7.57. The summed E-state index contributed by atoms with van der Waals surface area (Å²) in [4.78, 5) is 11.0. The van der Waals surface area contributed by atoms with E-state index in [-0.39, 0.29) is 5.41 Å². The topological polar surface area (TPSA) is 139 Å². The molecule has 23 heavy (non-hydrogen) atoms. The Bertz CT molecular complexity index is 432. The van der Waals surface area contributed by atoms with Crippen LogP contribution in [-0.4, -0.2) is 75.1 Å². The lowest BCUT2D eigenvalue weighted by Gasteiger charge is -2.38. The van der Waals surface area contributed by atoms with Crippen LogP contribution in [0.1, 0.15) is 27.2 Å². The van der Waals surface area contributed by atoms with E-state index in [4.69, 9.17) is 14.9 Å². The van der Waals surface area contributed by atoms with Gasteiger partial charge < -0.3 is 35.6 Å². The van der Waals surface area contributed by atoms with Gasteiger partial charge in [0.2, 0.25) is 5.76 Å². The highest BCUT2D eigenvalue weighted by Crippen LogP contribution is 2.24. The maximum Gasteiger partial charge on any atom is 0.370 e. The maximum atomic E-state index is 11.0. The van der Waals surface area contributed by atoms with Crippen LogP contribution in [0.4, 0.5) is 0 Å². The van der Waals surface area contributed by atoms with Gasteiger partial charge in [0.15, 0.2) is 0 Å². The van der Waals surface area contributed by atoms with E-state index in [0.29, 0.717) is 6.54 Å². The van der Waals surface area contributed by atoms with E-state index in [2.05, 4.69) is 5.32 Å². The van der Waals surface area contributed by atoms with Crippen molar-refractivity contribution in [3.05, 3.63) is 11.8 Å². The van der Waals surface area contributed by atoms with E-state index in [1.165, 1.54) is 0 Å². The normalized spacial score (nSPS) is 27.8. The summed E-state index contributed by atoms with van der Waals surface area (Å²) in [6.45, 7) is 5.94. The Morgan fingerprint density at radius 2 is 2.00 bits per heavy atom. The summed E-state index contributed by atoms with van der Waals surface area (Å²) >= 11 is 0. The fraction of sp³-hybridized carbons (Fsp3) is 0.800.